The number of benzene rings is 2. The first-order valence-corrected chi connectivity index (χ1v) is 15.9. The van der Waals surface area contributed by atoms with Crippen LogP contribution in [-0.4, -0.2) is 35.6 Å². The molecule has 44 heavy (non-hydrogen) atoms. The van der Waals surface area contributed by atoms with Gasteiger partial charge in [-0.3, -0.25) is 9.59 Å². The van der Waals surface area contributed by atoms with Crippen molar-refractivity contribution in [3.63, 3.8) is 0 Å². The van der Waals surface area contributed by atoms with E-state index in [1.807, 2.05) is 55.1 Å². The third-order valence-electron chi connectivity index (χ3n) is 9.50. The van der Waals surface area contributed by atoms with Crippen molar-refractivity contribution in [1.82, 2.24) is 4.98 Å². The minimum atomic E-state index is -0.763. The van der Waals surface area contributed by atoms with Crippen LogP contribution in [0.15, 0.2) is 53.1 Å². The van der Waals surface area contributed by atoms with Crippen LogP contribution in [-0.2, 0) is 9.59 Å². The number of oxazole rings is 1. The van der Waals surface area contributed by atoms with Crippen LogP contribution < -0.4 is 9.64 Å². The summed E-state index contributed by atoms with van der Waals surface area (Å²) in [5.41, 5.74) is 4.28. The molecule has 1 heterocycles. The number of anilines is 1. The molecule has 2 saturated carbocycles. The molecule has 5 rings (SSSR count). The van der Waals surface area contributed by atoms with Crippen molar-refractivity contribution in [3.05, 3.63) is 65.7 Å². The number of ether oxygens (including phenoxy) is 1. The van der Waals surface area contributed by atoms with Gasteiger partial charge in [0, 0.05) is 36.1 Å². The van der Waals surface area contributed by atoms with E-state index in [2.05, 4.69) is 17.1 Å². The van der Waals surface area contributed by atoms with E-state index in [1.165, 1.54) is 5.56 Å². The van der Waals surface area contributed by atoms with Crippen LogP contribution in [0.3, 0.4) is 0 Å². The predicted molar refractivity (Wildman–Crippen MR) is 168 cm³/mol. The highest BCUT2D eigenvalue weighted by molar-refractivity contribution is 5.95. The number of hydrogen-bond donors (Lipinski definition) is 1. The van der Waals surface area contributed by atoms with E-state index in [0.717, 1.165) is 68.3 Å². The average Bonchev–Trinajstić information content (AvgIpc) is 3.55. The first-order chi connectivity index (χ1) is 21.2. The summed E-state index contributed by atoms with van der Waals surface area (Å²) in [6.45, 7) is 4.74. The largest absolute Gasteiger partial charge is 0.495 e. The van der Waals surface area contributed by atoms with E-state index >= 15 is 0 Å². The minimum absolute atomic E-state index is 0.108. The first-order valence-electron chi connectivity index (χ1n) is 15.9. The van der Waals surface area contributed by atoms with Crippen LogP contribution in [0.5, 0.6) is 5.75 Å². The van der Waals surface area contributed by atoms with E-state index in [9.17, 15) is 20.0 Å². The molecule has 1 aromatic heterocycles. The van der Waals surface area contributed by atoms with E-state index in [-0.39, 0.29) is 30.1 Å². The van der Waals surface area contributed by atoms with E-state index < -0.39 is 5.97 Å². The second-order valence-electron chi connectivity index (χ2n) is 12.8. The summed E-state index contributed by atoms with van der Waals surface area (Å²) in [5.74, 6) is 1.61. The Kier molecular flexibility index (Phi) is 10.0. The number of carbonyl (C=O) groups is 2. The molecule has 232 valence electrons. The number of aliphatic carboxylic acids is 1. The Hall–Kier alpha value is -4.12. The number of carboxylic acids is 1. The zero-order valence-corrected chi connectivity index (χ0v) is 26.0. The molecule has 2 fully saturated rings. The molecule has 2 aromatic carbocycles. The Balaban J connectivity index is 1.33. The molecule has 8 nitrogen and oxygen atoms in total. The van der Waals surface area contributed by atoms with Crippen molar-refractivity contribution in [3.8, 4) is 23.1 Å². The molecule has 1 amide bonds. The van der Waals surface area contributed by atoms with E-state index in [4.69, 9.17) is 9.15 Å². The smallest absolute Gasteiger partial charge is 0.303 e. The van der Waals surface area contributed by atoms with E-state index in [0.29, 0.717) is 35.6 Å². The number of carbonyl (C=O) groups excluding carboxylic acids is 1. The van der Waals surface area contributed by atoms with Gasteiger partial charge in [-0.05, 0) is 98.9 Å². The number of nitriles is 1. The van der Waals surface area contributed by atoms with Crippen LogP contribution in [0.1, 0.15) is 100 Å². The van der Waals surface area contributed by atoms with Gasteiger partial charge in [-0.1, -0.05) is 32.0 Å². The molecule has 8 heteroatoms. The monoisotopic (exact) mass is 597 g/mol. The molecular formula is C36H43N3O5. The second-order valence-corrected chi connectivity index (χ2v) is 12.8. The lowest BCUT2D eigenvalue weighted by Crippen LogP contribution is -2.41. The third kappa shape index (κ3) is 7.32. The van der Waals surface area contributed by atoms with Gasteiger partial charge in [0.25, 0.3) is 0 Å². The highest BCUT2D eigenvalue weighted by Gasteiger charge is 2.33. The second kappa shape index (κ2) is 14.1. The summed E-state index contributed by atoms with van der Waals surface area (Å²) in [5, 5.41) is 18.8. The summed E-state index contributed by atoms with van der Waals surface area (Å²) in [6.07, 6.45) is 8.83. The number of carboxylic acid groups (broad SMARTS) is 1. The lowest BCUT2D eigenvalue weighted by Gasteiger charge is -2.36. The molecule has 1 N–H and O–H groups in total. The van der Waals surface area contributed by atoms with Crippen molar-refractivity contribution in [1.29, 1.82) is 5.26 Å². The van der Waals surface area contributed by atoms with Gasteiger partial charge in [0.1, 0.15) is 23.8 Å². The van der Waals surface area contributed by atoms with Crippen LogP contribution in [0.4, 0.5) is 5.69 Å². The molecule has 0 saturated heterocycles. The van der Waals surface area contributed by atoms with Gasteiger partial charge in [0.15, 0.2) is 5.89 Å². The van der Waals surface area contributed by atoms with Gasteiger partial charge in [-0.15, -0.1) is 0 Å². The standard InChI is InChI=1S/C36H43N3O5/c1-23(2)35-38-32(22-44-35)29-5-4-6-31(19-29)39(36(42)27-13-7-24(8-14-27)17-34(40)41)21-25-9-11-26(12-10-25)28-15-16-33(43-3)30(18-28)20-37/h4-6,15-16,18-19,22-27H,7-14,17,21H2,1-3H3,(H,40,41). The van der Waals surface area contributed by atoms with Gasteiger partial charge < -0.3 is 19.2 Å². The van der Waals surface area contributed by atoms with Gasteiger partial charge in [-0.25, -0.2) is 4.98 Å². The molecule has 0 bridgehead atoms. The molecule has 2 aliphatic carbocycles. The zero-order chi connectivity index (χ0) is 31.2. The van der Waals surface area contributed by atoms with Crippen LogP contribution in [0, 0.1) is 29.1 Å². The van der Waals surface area contributed by atoms with Crippen LogP contribution in [0.25, 0.3) is 11.3 Å². The average molecular weight is 598 g/mol. The number of hydrogen-bond acceptors (Lipinski definition) is 6. The van der Waals surface area contributed by atoms with Crippen molar-refractivity contribution in [2.45, 2.75) is 83.5 Å². The summed E-state index contributed by atoms with van der Waals surface area (Å²) in [4.78, 5) is 32.1. The fraction of sp³-hybridized carbons (Fsp3) is 0.500. The Morgan fingerprint density at radius 3 is 2.41 bits per heavy atom. The Labute approximate surface area is 260 Å². The first kappa shape index (κ1) is 31.3. The topological polar surface area (TPSA) is 117 Å². The number of rotatable bonds is 10. The SMILES string of the molecule is COc1ccc(C2CCC(CN(C(=O)C3CCC(CC(=O)O)CC3)c3cccc(-c4coc(C(C)C)n4)c3)CC2)cc1C#N. The molecular weight excluding hydrogens is 554 g/mol. The van der Waals surface area contributed by atoms with Crippen molar-refractivity contribution in [2.24, 2.45) is 17.8 Å². The van der Waals surface area contributed by atoms with E-state index in [1.54, 1.807) is 13.4 Å². The minimum Gasteiger partial charge on any atom is -0.495 e. The number of nitrogens with zero attached hydrogens (tertiary/aromatic N) is 3. The van der Waals surface area contributed by atoms with Gasteiger partial charge >= 0.3 is 5.97 Å². The lowest BCUT2D eigenvalue weighted by atomic mass is 9.77. The Bertz CT molecular complexity index is 1490. The maximum absolute atomic E-state index is 14.2. The summed E-state index contributed by atoms with van der Waals surface area (Å²) in [7, 11) is 1.58. The molecule has 0 radical (unpaired) electrons. The number of methoxy groups -OCH3 is 1. The molecule has 0 unspecified atom stereocenters. The molecule has 0 spiro atoms. The van der Waals surface area contributed by atoms with Crippen LogP contribution >= 0.6 is 0 Å². The Morgan fingerprint density at radius 1 is 1.05 bits per heavy atom. The number of amides is 1. The normalized spacial score (nSPS) is 21.9. The summed E-state index contributed by atoms with van der Waals surface area (Å²) in [6, 6.07) is 16.2. The van der Waals surface area contributed by atoms with Crippen LogP contribution in [0.2, 0.25) is 0 Å². The predicted octanol–water partition coefficient (Wildman–Crippen LogP) is 7.93. The van der Waals surface area contributed by atoms with Gasteiger partial charge in [0.2, 0.25) is 5.91 Å². The molecule has 0 atom stereocenters. The maximum Gasteiger partial charge on any atom is 0.303 e. The number of aromatic nitrogens is 1. The van der Waals surface area contributed by atoms with Crippen molar-refractivity contribution in [2.75, 3.05) is 18.6 Å². The fourth-order valence-corrected chi connectivity index (χ4v) is 6.93. The quantitative estimate of drug-likeness (QED) is 0.252. The fourth-order valence-electron chi connectivity index (χ4n) is 6.93. The third-order valence-corrected chi connectivity index (χ3v) is 9.50. The summed E-state index contributed by atoms with van der Waals surface area (Å²) < 4.78 is 11.0. The van der Waals surface area contributed by atoms with Crippen molar-refractivity contribution >= 4 is 17.6 Å². The zero-order valence-electron chi connectivity index (χ0n) is 26.0. The molecule has 0 aliphatic heterocycles. The van der Waals surface area contributed by atoms with Crippen molar-refractivity contribution < 1.29 is 23.8 Å². The molecule has 3 aromatic rings. The highest BCUT2D eigenvalue weighted by atomic mass is 16.5. The summed E-state index contributed by atoms with van der Waals surface area (Å²) >= 11 is 0. The lowest BCUT2D eigenvalue weighted by molar-refractivity contribution is -0.138. The molecule has 2 aliphatic rings. The van der Waals surface area contributed by atoms with Gasteiger partial charge in [-0.2, -0.15) is 5.26 Å². The highest BCUT2D eigenvalue weighted by Crippen LogP contribution is 2.39. The van der Waals surface area contributed by atoms with Gasteiger partial charge in [0.05, 0.1) is 12.7 Å². The maximum atomic E-state index is 14.2. The Morgan fingerprint density at radius 2 is 1.77 bits per heavy atom.